The first kappa shape index (κ1) is 13.0. The van der Waals surface area contributed by atoms with Crippen LogP contribution in [0.4, 0.5) is 4.39 Å². The number of aromatic nitrogens is 1. The molecule has 0 aliphatic rings. The third kappa shape index (κ3) is 2.94. The van der Waals surface area contributed by atoms with E-state index in [1.807, 2.05) is 0 Å². The maximum atomic E-state index is 12.7. The van der Waals surface area contributed by atoms with Gasteiger partial charge in [-0.1, -0.05) is 0 Å². The van der Waals surface area contributed by atoms with Gasteiger partial charge in [-0.25, -0.2) is 0 Å². The maximum absolute atomic E-state index is 12.7. The summed E-state index contributed by atoms with van der Waals surface area (Å²) in [6.45, 7) is -0.274. The van der Waals surface area contributed by atoms with Gasteiger partial charge in [0, 0.05) is 0 Å². The van der Waals surface area contributed by atoms with Gasteiger partial charge in [0.1, 0.15) is 26.8 Å². The van der Waals surface area contributed by atoms with Crippen molar-refractivity contribution in [1.29, 1.82) is 0 Å². The Bertz CT molecular complexity index is 352. The molecule has 0 aromatic carbocycles. The van der Waals surface area contributed by atoms with Crippen molar-refractivity contribution in [1.82, 2.24) is 4.98 Å². The van der Waals surface area contributed by atoms with Crippen molar-refractivity contribution in [2.45, 2.75) is 18.0 Å². The molecule has 4 radical (unpaired) electrons. The zero-order valence-corrected chi connectivity index (χ0v) is 8.17. The fourth-order valence-electron chi connectivity index (χ4n) is 0.825. The van der Waals surface area contributed by atoms with Crippen LogP contribution < -0.4 is 4.74 Å². The van der Waals surface area contributed by atoms with E-state index in [-0.39, 0.29) is 12.4 Å². The van der Waals surface area contributed by atoms with Crippen LogP contribution >= 0.6 is 0 Å². The highest BCUT2D eigenvalue weighted by atomic mass is 19.2. The Morgan fingerprint density at radius 3 is 2.38 bits per heavy atom. The monoisotopic (exact) mass is 223 g/mol. The van der Waals surface area contributed by atoms with Crippen molar-refractivity contribution in [2.75, 3.05) is 0 Å². The number of aliphatic hydroxyl groups is 3. The number of halogens is 1. The molecule has 0 aliphatic carbocycles. The van der Waals surface area contributed by atoms with Crippen LogP contribution in [0.3, 0.4) is 0 Å². The Kier molecular flexibility index (Phi) is 3.57. The number of nitrogens with zero attached hydrogens (tertiary/aromatic N) is 1. The number of alkyl halides is 1. The normalized spacial score (nSPS) is 12.5. The van der Waals surface area contributed by atoms with Crippen molar-refractivity contribution >= 4 is 15.7 Å². The molecule has 0 amide bonds. The molecule has 82 valence electrons. The van der Waals surface area contributed by atoms with Gasteiger partial charge < -0.3 is 20.1 Å². The molecule has 1 heterocycles. The van der Waals surface area contributed by atoms with E-state index in [0.29, 0.717) is 5.69 Å². The average Bonchev–Trinajstić information content (AvgIpc) is 2.16. The molecule has 1 aromatic heterocycles. The van der Waals surface area contributed by atoms with Crippen LogP contribution in [0.15, 0.2) is 18.3 Å². The second-order valence-electron chi connectivity index (χ2n) is 3.13. The van der Waals surface area contributed by atoms with E-state index in [2.05, 4.69) is 9.72 Å². The molecule has 16 heavy (non-hydrogen) atoms. The summed E-state index contributed by atoms with van der Waals surface area (Å²) in [5.74, 6) is -0.0766. The van der Waals surface area contributed by atoms with Crippen LogP contribution in [0.5, 0.6) is 5.75 Å². The van der Waals surface area contributed by atoms with Gasteiger partial charge in [-0.15, -0.1) is 0 Å². The Hall–Kier alpha value is -1.11. The first-order valence-corrected chi connectivity index (χ1v) is 4.22. The molecular weight excluding hydrogens is 215 g/mol. The quantitative estimate of drug-likeness (QED) is 0.429. The summed E-state index contributed by atoms with van der Waals surface area (Å²) in [5, 5.41) is 23.0. The van der Waals surface area contributed by atoms with Crippen molar-refractivity contribution < 1.29 is 24.4 Å². The van der Waals surface area contributed by atoms with Crippen molar-refractivity contribution in [3.8, 4) is 5.75 Å². The van der Waals surface area contributed by atoms with E-state index in [9.17, 15) is 4.39 Å². The standard InChI is InChI=1S/C8H8B2FNO4/c9-7(10,8(11,14)15)16-6-2-1-5(4-13)12-3-6/h1-3,13-15H,4H2. The van der Waals surface area contributed by atoms with Gasteiger partial charge in [0.15, 0.2) is 0 Å². The van der Waals surface area contributed by atoms with Gasteiger partial charge in [-0.3, -0.25) is 4.98 Å². The lowest BCUT2D eigenvalue weighted by atomic mass is 9.63. The smallest absolute Gasteiger partial charge is 0.337 e. The lowest BCUT2D eigenvalue weighted by Crippen LogP contribution is -2.56. The molecular formula is C8H8B2FNO4. The van der Waals surface area contributed by atoms with E-state index >= 15 is 0 Å². The molecule has 8 heteroatoms. The third-order valence-corrected chi connectivity index (χ3v) is 1.74. The predicted molar refractivity (Wildman–Crippen MR) is 53.3 cm³/mol. The number of aliphatic hydroxyl groups excluding tert-OH is 1. The first-order valence-electron chi connectivity index (χ1n) is 4.22. The van der Waals surface area contributed by atoms with E-state index in [1.165, 1.54) is 12.1 Å². The minimum atomic E-state index is -3.90. The van der Waals surface area contributed by atoms with Crippen LogP contribution in [-0.2, 0) is 6.61 Å². The summed E-state index contributed by atoms with van der Waals surface area (Å²) in [6.07, 6.45) is 1.10. The number of rotatable bonds is 4. The number of pyridine rings is 1. The van der Waals surface area contributed by atoms with E-state index in [0.717, 1.165) is 6.20 Å². The highest BCUT2D eigenvalue weighted by Gasteiger charge is 2.43. The minimum absolute atomic E-state index is 0.0766. The number of hydrogen-bond acceptors (Lipinski definition) is 5. The molecule has 1 aromatic rings. The molecule has 0 saturated carbocycles. The van der Waals surface area contributed by atoms with E-state index in [1.54, 1.807) is 0 Å². The van der Waals surface area contributed by atoms with Gasteiger partial charge >= 0.3 is 6.04 Å². The lowest BCUT2D eigenvalue weighted by Gasteiger charge is -2.33. The molecule has 0 fully saturated rings. The highest BCUT2D eigenvalue weighted by Crippen LogP contribution is 2.22. The lowest BCUT2D eigenvalue weighted by molar-refractivity contribution is -0.296. The first-order chi connectivity index (χ1) is 7.26. The zero-order valence-electron chi connectivity index (χ0n) is 8.17. The summed E-state index contributed by atoms with van der Waals surface area (Å²) in [7, 11) is 10.00. The predicted octanol–water partition coefficient (Wildman–Crippen LogP) is -1.45. The molecule has 3 N–H and O–H groups in total. The zero-order chi connectivity index (χ0) is 12.4. The Labute approximate surface area is 93.7 Å². The molecule has 0 aliphatic heterocycles. The topological polar surface area (TPSA) is 82.8 Å². The summed E-state index contributed by atoms with van der Waals surface area (Å²) in [6, 6.07) is -1.23. The molecule has 1 rings (SSSR count). The maximum Gasteiger partial charge on any atom is 0.337 e. The fourth-order valence-corrected chi connectivity index (χ4v) is 0.825. The molecule has 0 unspecified atom stereocenters. The summed E-state index contributed by atoms with van der Waals surface area (Å²) >= 11 is 0. The summed E-state index contributed by atoms with van der Waals surface area (Å²) in [4.78, 5) is 3.69. The Balaban J connectivity index is 2.80. The van der Waals surface area contributed by atoms with Crippen molar-refractivity contribution in [3.05, 3.63) is 24.0 Å². The Morgan fingerprint density at radius 1 is 1.38 bits per heavy atom. The largest absolute Gasteiger partial charge is 0.497 e. The number of hydrogen-bond donors (Lipinski definition) is 3. The molecule has 0 spiro atoms. The average molecular weight is 223 g/mol. The molecule has 0 bridgehead atoms. The van der Waals surface area contributed by atoms with E-state index < -0.39 is 11.4 Å². The number of ether oxygens (including phenoxy) is 1. The van der Waals surface area contributed by atoms with Gasteiger partial charge in [-0.05, 0) is 12.1 Å². The molecule has 0 atom stereocenters. The van der Waals surface area contributed by atoms with Gasteiger partial charge in [0.2, 0.25) is 0 Å². The van der Waals surface area contributed by atoms with Crippen LogP contribution in [0.1, 0.15) is 5.69 Å². The highest BCUT2D eigenvalue weighted by molar-refractivity contribution is 6.40. The van der Waals surface area contributed by atoms with E-state index in [4.69, 9.17) is 31.0 Å². The molecule has 0 saturated heterocycles. The Morgan fingerprint density at radius 2 is 2.00 bits per heavy atom. The fraction of sp³-hybridized carbons (Fsp3) is 0.375. The van der Waals surface area contributed by atoms with Crippen LogP contribution in [-0.4, -0.2) is 47.4 Å². The van der Waals surface area contributed by atoms with Crippen molar-refractivity contribution in [2.24, 2.45) is 0 Å². The van der Waals surface area contributed by atoms with Crippen LogP contribution in [0.25, 0.3) is 0 Å². The SMILES string of the molecule is [B]C([B])(Oc1ccc(CO)nc1)C(O)(O)F. The van der Waals surface area contributed by atoms with Gasteiger partial charge in [0.25, 0.3) is 0 Å². The second-order valence-corrected chi connectivity index (χ2v) is 3.13. The second kappa shape index (κ2) is 4.40. The summed E-state index contributed by atoms with van der Waals surface area (Å²) in [5.41, 5.74) is 0.353. The summed E-state index contributed by atoms with van der Waals surface area (Å²) < 4.78 is 17.3. The molecule has 5 nitrogen and oxygen atoms in total. The third-order valence-electron chi connectivity index (χ3n) is 1.74. The van der Waals surface area contributed by atoms with Crippen LogP contribution in [0, 0.1) is 0 Å². The van der Waals surface area contributed by atoms with Crippen LogP contribution in [0.2, 0.25) is 0 Å². The minimum Gasteiger partial charge on any atom is -0.497 e. The van der Waals surface area contributed by atoms with Gasteiger partial charge in [-0.2, -0.15) is 4.39 Å². The van der Waals surface area contributed by atoms with Crippen molar-refractivity contribution in [3.63, 3.8) is 0 Å². The van der Waals surface area contributed by atoms with Gasteiger partial charge in [0.05, 0.1) is 18.5 Å².